The number of rotatable bonds is 0. The Morgan fingerprint density at radius 2 is 2.67 bits per heavy atom. The molecule has 0 spiro atoms. The van der Waals surface area contributed by atoms with E-state index in [-0.39, 0.29) is 0 Å². The predicted molar refractivity (Wildman–Crippen MR) is 30.3 cm³/mol. The molecule has 0 bridgehead atoms. The molecule has 6 heavy (non-hydrogen) atoms. The molecule has 2 heteroatoms. The van der Waals surface area contributed by atoms with Gasteiger partial charge in [-0.1, -0.05) is 0 Å². The molecule has 0 saturated carbocycles. The van der Waals surface area contributed by atoms with Crippen LogP contribution in [0, 0.1) is 9.83 Å². The van der Waals surface area contributed by atoms with Gasteiger partial charge < -0.3 is 4.42 Å². The van der Waals surface area contributed by atoms with E-state index in [2.05, 4.69) is 28.7 Å². The van der Waals surface area contributed by atoms with Crippen LogP contribution in [-0.2, 0) is 0 Å². The third-order valence-corrected chi connectivity index (χ3v) is 1.00. The molecule has 0 unspecified atom stereocenters. The van der Waals surface area contributed by atoms with E-state index in [1.54, 1.807) is 6.07 Å². The van der Waals surface area contributed by atoms with Gasteiger partial charge >= 0.3 is 0 Å². The normalized spacial score (nSPS) is 8.83. The van der Waals surface area contributed by atoms with Gasteiger partial charge in [-0.15, -0.1) is 0 Å². The van der Waals surface area contributed by atoms with Gasteiger partial charge in [0, 0.05) is 6.07 Å². The highest BCUT2D eigenvalue weighted by Crippen LogP contribution is 2.00. The summed E-state index contributed by atoms with van der Waals surface area (Å²) in [5.41, 5.74) is 0. The Balaban J connectivity index is 3.05. The van der Waals surface area contributed by atoms with Crippen molar-refractivity contribution in [1.29, 1.82) is 0 Å². The maximum absolute atomic E-state index is 4.76. The van der Waals surface area contributed by atoms with Gasteiger partial charge in [-0.2, -0.15) is 0 Å². The highest BCUT2D eigenvalue weighted by molar-refractivity contribution is 14.1. The molecule has 1 heterocycles. The summed E-state index contributed by atoms with van der Waals surface area (Å²) in [5, 5.41) is 0. The van der Waals surface area contributed by atoms with Gasteiger partial charge in [-0.05, 0) is 28.7 Å². The molecule has 0 aliphatic carbocycles. The molecule has 1 rings (SSSR count). The average Bonchev–Trinajstić information content (AvgIpc) is 1.86. The van der Waals surface area contributed by atoms with Gasteiger partial charge in [-0.3, -0.25) is 0 Å². The Labute approximate surface area is 49.5 Å². The van der Waals surface area contributed by atoms with Crippen LogP contribution >= 0.6 is 22.6 Å². The summed E-state index contributed by atoms with van der Waals surface area (Å²) in [5.74, 6) is 0. The largest absolute Gasteiger partial charge is 0.458 e. The molecule has 0 fully saturated rings. The average molecular weight is 193 g/mol. The molecule has 1 aromatic rings. The Kier molecular flexibility index (Phi) is 1.14. The second kappa shape index (κ2) is 1.64. The van der Waals surface area contributed by atoms with Crippen molar-refractivity contribution in [1.82, 2.24) is 0 Å². The zero-order valence-electron chi connectivity index (χ0n) is 2.94. The molecule has 1 nitrogen and oxygen atoms in total. The Hall–Kier alpha value is 0.01000. The lowest BCUT2D eigenvalue weighted by molar-refractivity contribution is 0.537. The van der Waals surface area contributed by atoms with E-state index in [9.17, 15) is 0 Å². The summed E-state index contributed by atoms with van der Waals surface area (Å²) in [4.78, 5) is 0. The minimum absolute atomic E-state index is 0.882. The molecule has 1 radical (unpaired) electrons. The second-order valence-corrected chi connectivity index (χ2v) is 1.91. The maximum Gasteiger partial charge on any atom is 0.164 e. The number of hydrogen-bond acceptors (Lipinski definition) is 1. The summed E-state index contributed by atoms with van der Waals surface area (Å²) < 4.78 is 5.65. The Bertz CT molecular complexity index is 111. The fraction of sp³-hybridized carbons (Fsp3) is 0. The molecule has 0 N–H and O–H groups in total. The monoisotopic (exact) mass is 193 g/mol. The van der Waals surface area contributed by atoms with Crippen LogP contribution in [0.2, 0.25) is 0 Å². The molecule has 0 aliphatic rings. The van der Waals surface area contributed by atoms with Crippen molar-refractivity contribution in [3.8, 4) is 0 Å². The standard InChI is InChI=1S/C4H2IO/c5-4-2-1-3-6-4/h2-3H. The van der Waals surface area contributed by atoms with Crippen LogP contribution in [0.4, 0.5) is 0 Å². The molecule has 31 valence electrons. The summed E-state index contributed by atoms with van der Waals surface area (Å²) in [6, 6.07) is 4.53. The first-order chi connectivity index (χ1) is 2.89. The first-order valence-electron chi connectivity index (χ1n) is 1.49. The molecule has 0 amide bonds. The van der Waals surface area contributed by atoms with Crippen LogP contribution in [0.25, 0.3) is 0 Å². The Morgan fingerprint density at radius 1 is 1.83 bits per heavy atom. The van der Waals surface area contributed by atoms with Crippen molar-refractivity contribution >= 4 is 22.6 Å². The lowest BCUT2D eigenvalue weighted by atomic mass is 10.7. The van der Waals surface area contributed by atoms with Crippen molar-refractivity contribution in [2.24, 2.45) is 0 Å². The number of hydrogen-bond donors (Lipinski definition) is 0. The highest BCUT2D eigenvalue weighted by Gasteiger charge is 1.79. The van der Waals surface area contributed by atoms with Crippen LogP contribution < -0.4 is 0 Å². The zero-order valence-corrected chi connectivity index (χ0v) is 5.10. The maximum atomic E-state index is 4.76. The van der Waals surface area contributed by atoms with Gasteiger partial charge in [0.1, 0.15) is 0 Å². The third-order valence-electron chi connectivity index (χ3n) is 0.436. The first kappa shape index (κ1) is 4.18. The molecule has 0 saturated heterocycles. The Morgan fingerprint density at radius 3 is 2.83 bits per heavy atom. The topological polar surface area (TPSA) is 13.1 Å². The lowest BCUT2D eigenvalue weighted by Gasteiger charge is -1.66. The summed E-state index contributed by atoms with van der Waals surface area (Å²) >= 11 is 2.08. The fourth-order valence-corrected chi connectivity index (χ4v) is 0.531. The van der Waals surface area contributed by atoms with E-state index in [0.717, 1.165) is 3.77 Å². The minimum atomic E-state index is 0.882. The van der Waals surface area contributed by atoms with Gasteiger partial charge in [-0.25, -0.2) is 0 Å². The smallest absolute Gasteiger partial charge is 0.164 e. The van der Waals surface area contributed by atoms with E-state index in [4.69, 9.17) is 4.42 Å². The van der Waals surface area contributed by atoms with Crippen molar-refractivity contribution in [2.45, 2.75) is 0 Å². The lowest BCUT2D eigenvalue weighted by Crippen LogP contribution is -1.44. The highest BCUT2D eigenvalue weighted by atomic mass is 127. The van der Waals surface area contributed by atoms with Crippen LogP contribution in [0.1, 0.15) is 0 Å². The zero-order chi connectivity index (χ0) is 4.41. The van der Waals surface area contributed by atoms with Gasteiger partial charge in [0.15, 0.2) is 3.77 Å². The van der Waals surface area contributed by atoms with Gasteiger partial charge in [0.25, 0.3) is 0 Å². The van der Waals surface area contributed by atoms with E-state index < -0.39 is 0 Å². The van der Waals surface area contributed by atoms with Gasteiger partial charge in [0.2, 0.25) is 0 Å². The molecule has 0 atom stereocenters. The van der Waals surface area contributed by atoms with Crippen LogP contribution in [0.5, 0.6) is 0 Å². The van der Waals surface area contributed by atoms with Crippen LogP contribution in [0.3, 0.4) is 0 Å². The summed E-state index contributed by atoms with van der Waals surface area (Å²) in [7, 11) is 0. The van der Waals surface area contributed by atoms with Crippen molar-refractivity contribution < 1.29 is 4.42 Å². The molecular weight excluding hydrogens is 191 g/mol. The second-order valence-electron chi connectivity index (χ2n) is 0.851. The van der Waals surface area contributed by atoms with E-state index in [1.165, 1.54) is 6.26 Å². The third kappa shape index (κ3) is 0.739. The van der Waals surface area contributed by atoms with E-state index in [1.807, 2.05) is 0 Å². The van der Waals surface area contributed by atoms with Crippen LogP contribution in [-0.4, -0.2) is 0 Å². The van der Waals surface area contributed by atoms with E-state index in [0.29, 0.717) is 0 Å². The van der Waals surface area contributed by atoms with Crippen LogP contribution in [0.15, 0.2) is 16.7 Å². The first-order valence-corrected chi connectivity index (χ1v) is 2.57. The number of halogens is 1. The SMILES string of the molecule is Ic1c[c]co1. The van der Waals surface area contributed by atoms with Crippen molar-refractivity contribution in [2.75, 3.05) is 0 Å². The quantitative estimate of drug-likeness (QED) is 0.571. The summed E-state index contributed by atoms with van der Waals surface area (Å²) in [6.07, 6.45) is 1.53. The number of furan rings is 1. The van der Waals surface area contributed by atoms with E-state index >= 15 is 0 Å². The predicted octanol–water partition coefficient (Wildman–Crippen LogP) is 1.68. The fourth-order valence-electron chi connectivity index (χ4n) is 0.224. The van der Waals surface area contributed by atoms with Gasteiger partial charge in [0.05, 0.1) is 6.26 Å². The molecular formula is C4H2IO. The molecule has 0 aromatic carbocycles. The minimum Gasteiger partial charge on any atom is -0.458 e. The van der Waals surface area contributed by atoms with Crippen molar-refractivity contribution in [3.63, 3.8) is 0 Å². The molecule has 1 aromatic heterocycles. The molecule has 0 aliphatic heterocycles. The van der Waals surface area contributed by atoms with Crippen molar-refractivity contribution in [3.05, 3.63) is 22.2 Å². The summed E-state index contributed by atoms with van der Waals surface area (Å²) in [6.45, 7) is 0.